The van der Waals surface area contributed by atoms with E-state index in [-0.39, 0.29) is 5.91 Å². The summed E-state index contributed by atoms with van der Waals surface area (Å²) in [5.41, 5.74) is 4.51. The number of ether oxygens (including phenoxy) is 1. The third-order valence-corrected chi connectivity index (χ3v) is 4.05. The maximum absolute atomic E-state index is 12.5. The van der Waals surface area contributed by atoms with E-state index in [2.05, 4.69) is 13.0 Å². The fraction of sp³-hybridized carbons (Fsp3) is 0.350. The lowest BCUT2D eigenvalue weighted by atomic mass is 10.1. The Bertz CT molecular complexity index is 680. The van der Waals surface area contributed by atoms with Gasteiger partial charge in [0.15, 0.2) is 6.10 Å². The first-order chi connectivity index (χ1) is 10.9. The standard InChI is InChI=1S/C20H25NO2/c1-14-11-15(2)16(3)19(12-14)23-17(4)20(22)21(5)13-18-9-7-6-8-10-18/h6-12,17H,13H2,1-5H3/t17-/m1/s1. The molecule has 3 heteroatoms. The van der Waals surface area contributed by atoms with Crippen LogP contribution < -0.4 is 4.74 Å². The van der Waals surface area contributed by atoms with E-state index in [0.29, 0.717) is 6.54 Å². The van der Waals surface area contributed by atoms with Gasteiger partial charge in [-0.3, -0.25) is 4.79 Å². The van der Waals surface area contributed by atoms with Gasteiger partial charge in [0.05, 0.1) is 0 Å². The normalized spacial score (nSPS) is 11.9. The number of amides is 1. The molecule has 0 N–H and O–H groups in total. The zero-order valence-corrected chi connectivity index (χ0v) is 14.6. The first kappa shape index (κ1) is 17.1. The SMILES string of the molecule is Cc1cc(C)c(C)c(O[C@H](C)C(=O)N(C)Cc2ccccc2)c1. The Morgan fingerprint density at radius 2 is 1.78 bits per heavy atom. The Morgan fingerprint density at radius 1 is 1.13 bits per heavy atom. The summed E-state index contributed by atoms with van der Waals surface area (Å²) in [6.07, 6.45) is -0.511. The number of benzene rings is 2. The van der Waals surface area contributed by atoms with Gasteiger partial charge >= 0.3 is 0 Å². The smallest absolute Gasteiger partial charge is 0.263 e. The zero-order valence-electron chi connectivity index (χ0n) is 14.6. The summed E-state index contributed by atoms with van der Waals surface area (Å²) in [6, 6.07) is 14.1. The van der Waals surface area contributed by atoms with Crippen LogP contribution in [0.5, 0.6) is 5.75 Å². The lowest BCUT2D eigenvalue weighted by Crippen LogP contribution is -2.37. The van der Waals surface area contributed by atoms with Crippen molar-refractivity contribution in [3.05, 3.63) is 64.7 Å². The van der Waals surface area contributed by atoms with Gasteiger partial charge in [0, 0.05) is 13.6 Å². The third-order valence-electron chi connectivity index (χ3n) is 4.05. The van der Waals surface area contributed by atoms with Crippen LogP contribution in [0, 0.1) is 20.8 Å². The van der Waals surface area contributed by atoms with Crippen LogP contribution in [-0.4, -0.2) is 24.0 Å². The minimum atomic E-state index is -0.511. The number of likely N-dealkylation sites (N-methyl/N-ethyl adjacent to an activating group) is 1. The predicted molar refractivity (Wildman–Crippen MR) is 93.7 cm³/mol. The van der Waals surface area contributed by atoms with Crippen molar-refractivity contribution in [2.75, 3.05) is 7.05 Å². The molecule has 0 aliphatic heterocycles. The maximum atomic E-state index is 12.5. The average molecular weight is 311 g/mol. The van der Waals surface area contributed by atoms with Gasteiger partial charge in [0.2, 0.25) is 0 Å². The van der Waals surface area contributed by atoms with Gasteiger partial charge in [-0.05, 0) is 56.0 Å². The molecule has 1 amide bonds. The van der Waals surface area contributed by atoms with Gasteiger partial charge in [-0.15, -0.1) is 0 Å². The van der Waals surface area contributed by atoms with Crippen molar-refractivity contribution in [3.63, 3.8) is 0 Å². The van der Waals surface area contributed by atoms with Crippen molar-refractivity contribution in [1.82, 2.24) is 4.90 Å². The number of hydrogen-bond acceptors (Lipinski definition) is 2. The van der Waals surface area contributed by atoms with Gasteiger partial charge in [0.1, 0.15) is 5.75 Å². The Balaban J connectivity index is 2.05. The van der Waals surface area contributed by atoms with Crippen LogP contribution in [-0.2, 0) is 11.3 Å². The van der Waals surface area contributed by atoms with Crippen LogP contribution in [0.25, 0.3) is 0 Å². The largest absolute Gasteiger partial charge is 0.481 e. The molecule has 0 spiro atoms. The molecule has 1 atom stereocenters. The fourth-order valence-corrected chi connectivity index (χ4v) is 2.61. The first-order valence-corrected chi connectivity index (χ1v) is 7.92. The van der Waals surface area contributed by atoms with Crippen LogP contribution in [0.15, 0.2) is 42.5 Å². The highest BCUT2D eigenvalue weighted by Crippen LogP contribution is 2.24. The summed E-state index contributed by atoms with van der Waals surface area (Å²) in [4.78, 5) is 14.2. The molecule has 0 aliphatic rings. The van der Waals surface area contributed by atoms with E-state index in [1.807, 2.05) is 57.3 Å². The molecule has 0 saturated heterocycles. The summed E-state index contributed by atoms with van der Waals surface area (Å²) in [5, 5.41) is 0. The third kappa shape index (κ3) is 4.35. The summed E-state index contributed by atoms with van der Waals surface area (Å²) in [5.74, 6) is 0.767. The quantitative estimate of drug-likeness (QED) is 0.834. The molecule has 0 aliphatic carbocycles. The maximum Gasteiger partial charge on any atom is 0.263 e. The molecule has 2 rings (SSSR count). The monoisotopic (exact) mass is 311 g/mol. The summed E-state index contributed by atoms with van der Waals surface area (Å²) >= 11 is 0. The topological polar surface area (TPSA) is 29.5 Å². The van der Waals surface area contributed by atoms with E-state index in [0.717, 1.165) is 22.4 Å². The molecule has 122 valence electrons. The fourth-order valence-electron chi connectivity index (χ4n) is 2.61. The highest BCUT2D eigenvalue weighted by atomic mass is 16.5. The summed E-state index contributed by atoms with van der Waals surface area (Å²) in [6.45, 7) is 8.51. The van der Waals surface area contributed by atoms with Crippen molar-refractivity contribution < 1.29 is 9.53 Å². The van der Waals surface area contributed by atoms with Gasteiger partial charge in [0.25, 0.3) is 5.91 Å². The van der Waals surface area contributed by atoms with Crippen molar-refractivity contribution in [2.24, 2.45) is 0 Å². The van der Waals surface area contributed by atoms with Crippen LogP contribution >= 0.6 is 0 Å². The molecular formula is C20H25NO2. The van der Waals surface area contributed by atoms with Gasteiger partial charge in [-0.2, -0.15) is 0 Å². The second-order valence-corrected chi connectivity index (χ2v) is 6.14. The van der Waals surface area contributed by atoms with Crippen molar-refractivity contribution >= 4 is 5.91 Å². The average Bonchev–Trinajstić information content (AvgIpc) is 2.52. The summed E-state index contributed by atoms with van der Waals surface area (Å²) < 4.78 is 5.94. The molecule has 0 radical (unpaired) electrons. The van der Waals surface area contributed by atoms with E-state index in [9.17, 15) is 4.79 Å². The number of hydrogen-bond donors (Lipinski definition) is 0. The molecule has 0 bridgehead atoms. The summed E-state index contributed by atoms with van der Waals surface area (Å²) in [7, 11) is 1.81. The van der Waals surface area contributed by atoms with E-state index < -0.39 is 6.10 Å². The number of carbonyl (C=O) groups excluding carboxylic acids is 1. The molecule has 23 heavy (non-hydrogen) atoms. The minimum Gasteiger partial charge on any atom is -0.481 e. The van der Waals surface area contributed by atoms with Crippen LogP contribution in [0.3, 0.4) is 0 Å². The Labute approximate surface area is 138 Å². The molecular weight excluding hydrogens is 286 g/mol. The van der Waals surface area contributed by atoms with E-state index in [1.165, 1.54) is 5.56 Å². The first-order valence-electron chi connectivity index (χ1n) is 7.92. The van der Waals surface area contributed by atoms with E-state index in [4.69, 9.17) is 4.74 Å². The molecule has 3 nitrogen and oxygen atoms in total. The van der Waals surface area contributed by atoms with Crippen LogP contribution in [0.1, 0.15) is 29.2 Å². The van der Waals surface area contributed by atoms with E-state index in [1.54, 1.807) is 11.8 Å². The lowest BCUT2D eigenvalue weighted by molar-refractivity contribution is -0.137. The minimum absolute atomic E-state index is 0.0209. The van der Waals surface area contributed by atoms with Crippen molar-refractivity contribution in [2.45, 2.75) is 40.3 Å². The number of rotatable bonds is 5. The Kier molecular flexibility index (Phi) is 5.43. The number of carbonyl (C=O) groups is 1. The second kappa shape index (κ2) is 7.32. The van der Waals surface area contributed by atoms with Crippen molar-refractivity contribution in [3.8, 4) is 5.75 Å². The predicted octanol–water partition coefficient (Wildman–Crippen LogP) is 4.04. The van der Waals surface area contributed by atoms with Gasteiger partial charge in [-0.25, -0.2) is 0 Å². The molecule has 2 aromatic rings. The number of nitrogens with zero attached hydrogens (tertiary/aromatic N) is 1. The highest BCUT2D eigenvalue weighted by Gasteiger charge is 2.20. The van der Waals surface area contributed by atoms with Crippen LogP contribution in [0.2, 0.25) is 0 Å². The second-order valence-electron chi connectivity index (χ2n) is 6.14. The molecule has 0 aromatic heterocycles. The van der Waals surface area contributed by atoms with Crippen LogP contribution in [0.4, 0.5) is 0 Å². The molecule has 0 fully saturated rings. The molecule has 0 heterocycles. The number of aryl methyl sites for hydroxylation is 2. The lowest BCUT2D eigenvalue weighted by Gasteiger charge is -2.23. The van der Waals surface area contributed by atoms with Gasteiger partial charge in [-0.1, -0.05) is 36.4 Å². The zero-order chi connectivity index (χ0) is 17.0. The van der Waals surface area contributed by atoms with E-state index >= 15 is 0 Å². The Morgan fingerprint density at radius 3 is 2.43 bits per heavy atom. The molecule has 2 aromatic carbocycles. The van der Waals surface area contributed by atoms with Crippen molar-refractivity contribution in [1.29, 1.82) is 0 Å². The highest BCUT2D eigenvalue weighted by molar-refractivity contribution is 5.80. The molecule has 0 unspecified atom stereocenters. The Hall–Kier alpha value is -2.29. The van der Waals surface area contributed by atoms with Gasteiger partial charge < -0.3 is 9.64 Å². The molecule has 0 saturated carbocycles.